The lowest BCUT2D eigenvalue weighted by Crippen LogP contribution is -2.42. The summed E-state index contributed by atoms with van der Waals surface area (Å²) in [6.07, 6.45) is 5.41. The molecule has 2 fully saturated rings. The van der Waals surface area contributed by atoms with E-state index in [9.17, 15) is 0 Å². The van der Waals surface area contributed by atoms with Gasteiger partial charge < -0.3 is 5.32 Å². The quantitative estimate of drug-likeness (QED) is 0.792. The molecule has 0 atom stereocenters. The van der Waals surface area contributed by atoms with E-state index >= 15 is 0 Å². The Morgan fingerprint density at radius 3 is 2.52 bits per heavy atom. The van der Waals surface area contributed by atoms with Gasteiger partial charge in [-0.15, -0.1) is 12.4 Å². The summed E-state index contributed by atoms with van der Waals surface area (Å²) in [5.74, 6) is 0.981. The molecule has 1 saturated heterocycles. The molecule has 0 amide bonds. The second kappa shape index (κ2) is 8.16. The fraction of sp³-hybridized carbons (Fsp3) is 0.625. The zero-order chi connectivity index (χ0) is 13.9. The number of piperidine rings is 1. The Labute approximate surface area is 147 Å². The number of hydrogen-bond donors (Lipinski definition) is 1. The molecule has 118 valence electrons. The molecule has 3 rings (SSSR count). The summed E-state index contributed by atoms with van der Waals surface area (Å²) < 4.78 is 1.05. The van der Waals surface area contributed by atoms with Crippen molar-refractivity contribution in [3.63, 3.8) is 0 Å². The largest absolute Gasteiger partial charge is 0.314 e. The molecule has 1 aliphatic heterocycles. The lowest BCUT2D eigenvalue weighted by atomic mass is 10.0. The molecule has 21 heavy (non-hydrogen) atoms. The van der Waals surface area contributed by atoms with Crippen molar-refractivity contribution in [3.05, 3.63) is 33.3 Å². The Morgan fingerprint density at radius 2 is 1.90 bits per heavy atom. The highest BCUT2D eigenvalue weighted by Gasteiger charge is 2.24. The molecule has 0 radical (unpaired) electrons. The Morgan fingerprint density at radius 1 is 1.19 bits per heavy atom. The number of nitrogens with one attached hydrogen (secondary N) is 1. The van der Waals surface area contributed by atoms with Gasteiger partial charge in [-0.05, 0) is 68.9 Å². The van der Waals surface area contributed by atoms with E-state index < -0.39 is 0 Å². The second-order valence-corrected chi connectivity index (χ2v) is 7.46. The van der Waals surface area contributed by atoms with Crippen molar-refractivity contribution in [2.75, 3.05) is 19.6 Å². The third-order valence-corrected chi connectivity index (χ3v) is 5.23. The second-order valence-electron chi connectivity index (χ2n) is 6.14. The smallest absolute Gasteiger partial charge is 0.0462 e. The molecule has 1 heterocycles. The zero-order valence-electron chi connectivity index (χ0n) is 12.2. The summed E-state index contributed by atoms with van der Waals surface area (Å²) in [4.78, 5) is 2.52. The number of rotatable bonds is 5. The fourth-order valence-electron chi connectivity index (χ4n) is 2.84. The third-order valence-electron chi connectivity index (χ3n) is 4.39. The van der Waals surface area contributed by atoms with Crippen molar-refractivity contribution in [2.24, 2.45) is 5.92 Å². The van der Waals surface area contributed by atoms with Gasteiger partial charge in [0.25, 0.3) is 0 Å². The predicted octanol–water partition coefficient (Wildman–Crippen LogP) is 4.49. The average molecular weight is 394 g/mol. The van der Waals surface area contributed by atoms with E-state index in [1.54, 1.807) is 0 Å². The standard InChI is InChI=1S/C16H22BrClN2.ClH/c17-14-4-3-13(16(18)9-14)11-20-7-5-15(6-8-20)19-10-12-1-2-12;/h3-4,9,12,15,19H,1-2,5-8,10-11H2;1H. The summed E-state index contributed by atoms with van der Waals surface area (Å²) in [5.41, 5.74) is 1.24. The molecule has 0 aromatic heterocycles. The number of halogens is 3. The molecule has 1 aromatic rings. The van der Waals surface area contributed by atoms with Crippen molar-refractivity contribution >= 4 is 39.9 Å². The lowest BCUT2D eigenvalue weighted by molar-refractivity contribution is 0.190. The Hall–Kier alpha value is 0.200. The van der Waals surface area contributed by atoms with Gasteiger partial charge in [0.1, 0.15) is 0 Å². The molecule has 0 spiro atoms. The van der Waals surface area contributed by atoms with E-state index in [1.165, 1.54) is 50.9 Å². The first kappa shape index (κ1) is 17.6. The van der Waals surface area contributed by atoms with E-state index in [0.717, 1.165) is 28.0 Å². The minimum Gasteiger partial charge on any atom is -0.314 e. The first-order valence-electron chi connectivity index (χ1n) is 7.60. The first-order valence-corrected chi connectivity index (χ1v) is 8.77. The zero-order valence-corrected chi connectivity index (χ0v) is 15.3. The molecule has 0 unspecified atom stereocenters. The van der Waals surface area contributed by atoms with Gasteiger partial charge in [-0.2, -0.15) is 0 Å². The van der Waals surface area contributed by atoms with Gasteiger partial charge in [0, 0.05) is 22.1 Å². The van der Waals surface area contributed by atoms with Crippen molar-refractivity contribution in [1.29, 1.82) is 0 Å². The highest BCUT2D eigenvalue weighted by atomic mass is 79.9. The van der Waals surface area contributed by atoms with Gasteiger partial charge in [0.2, 0.25) is 0 Å². The van der Waals surface area contributed by atoms with Crippen LogP contribution in [0.25, 0.3) is 0 Å². The van der Waals surface area contributed by atoms with Crippen molar-refractivity contribution in [2.45, 2.75) is 38.3 Å². The van der Waals surface area contributed by atoms with Gasteiger partial charge in [-0.1, -0.05) is 33.6 Å². The van der Waals surface area contributed by atoms with Gasteiger partial charge in [-0.25, -0.2) is 0 Å². The molecule has 2 aliphatic rings. The number of nitrogens with zero attached hydrogens (tertiary/aromatic N) is 1. The van der Waals surface area contributed by atoms with Crippen LogP contribution in [0.4, 0.5) is 0 Å². The van der Waals surface area contributed by atoms with Crippen LogP contribution in [0.5, 0.6) is 0 Å². The highest BCUT2D eigenvalue weighted by Crippen LogP contribution is 2.28. The van der Waals surface area contributed by atoms with Gasteiger partial charge in [-0.3, -0.25) is 4.90 Å². The predicted molar refractivity (Wildman–Crippen MR) is 95.4 cm³/mol. The molecule has 1 N–H and O–H groups in total. The monoisotopic (exact) mass is 392 g/mol. The number of benzene rings is 1. The fourth-order valence-corrected chi connectivity index (χ4v) is 3.57. The average Bonchev–Trinajstić information content (AvgIpc) is 3.25. The Kier molecular flexibility index (Phi) is 6.82. The normalized spacial score (nSPS) is 20.3. The summed E-state index contributed by atoms with van der Waals surface area (Å²) >= 11 is 9.76. The van der Waals surface area contributed by atoms with E-state index in [0.29, 0.717) is 0 Å². The van der Waals surface area contributed by atoms with Crippen LogP contribution in [0.3, 0.4) is 0 Å². The SMILES string of the molecule is Cl.Clc1cc(Br)ccc1CN1CCC(NCC2CC2)CC1. The molecule has 1 aliphatic carbocycles. The minimum atomic E-state index is 0. The Balaban J connectivity index is 0.00000161. The maximum absolute atomic E-state index is 6.30. The molecule has 1 aromatic carbocycles. The van der Waals surface area contributed by atoms with E-state index in [4.69, 9.17) is 11.6 Å². The number of hydrogen-bond acceptors (Lipinski definition) is 2. The maximum Gasteiger partial charge on any atom is 0.0462 e. The summed E-state index contributed by atoms with van der Waals surface area (Å²) in [7, 11) is 0. The van der Waals surface area contributed by atoms with Crippen LogP contribution in [0.2, 0.25) is 5.02 Å². The van der Waals surface area contributed by atoms with Gasteiger partial charge in [0.05, 0.1) is 0 Å². The summed E-state index contributed by atoms with van der Waals surface area (Å²) in [5, 5.41) is 4.60. The van der Waals surface area contributed by atoms with Crippen molar-refractivity contribution in [3.8, 4) is 0 Å². The number of likely N-dealkylation sites (tertiary alicyclic amines) is 1. The van der Waals surface area contributed by atoms with E-state index in [2.05, 4.69) is 38.3 Å². The topological polar surface area (TPSA) is 15.3 Å². The van der Waals surface area contributed by atoms with Crippen LogP contribution in [0, 0.1) is 5.92 Å². The molecule has 1 saturated carbocycles. The maximum atomic E-state index is 6.30. The summed E-state index contributed by atoms with van der Waals surface area (Å²) in [6, 6.07) is 6.92. The van der Waals surface area contributed by atoms with Crippen LogP contribution in [-0.4, -0.2) is 30.6 Å². The molecular formula is C16H23BrCl2N2. The Bertz CT molecular complexity index is 458. The third kappa shape index (κ3) is 5.40. The van der Waals surface area contributed by atoms with Crippen LogP contribution in [0.15, 0.2) is 22.7 Å². The molecular weight excluding hydrogens is 371 g/mol. The minimum absolute atomic E-state index is 0. The van der Waals surface area contributed by atoms with Gasteiger partial charge >= 0.3 is 0 Å². The first-order chi connectivity index (χ1) is 9.70. The molecule has 2 nitrogen and oxygen atoms in total. The van der Waals surface area contributed by atoms with E-state index in [1.807, 2.05) is 6.07 Å². The van der Waals surface area contributed by atoms with Crippen molar-refractivity contribution in [1.82, 2.24) is 10.2 Å². The van der Waals surface area contributed by atoms with Crippen LogP contribution in [-0.2, 0) is 6.54 Å². The summed E-state index contributed by atoms with van der Waals surface area (Å²) in [6.45, 7) is 4.56. The lowest BCUT2D eigenvalue weighted by Gasteiger charge is -2.32. The van der Waals surface area contributed by atoms with Crippen LogP contribution in [0.1, 0.15) is 31.2 Å². The van der Waals surface area contributed by atoms with Gasteiger partial charge in [0.15, 0.2) is 0 Å². The van der Waals surface area contributed by atoms with E-state index in [-0.39, 0.29) is 12.4 Å². The molecule has 0 bridgehead atoms. The van der Waals surface area contributed by atoms with Crippen molar-refractivity contribution < 1.29 is 0 Å². The van der Waals surface area contributed by atoms with Crippen LogP contribution >= 0.6 is 39.9 Å². The molecule has 5 heteroatoms. The highest BCUT2D eigenvalue weighted by molar-refractivity contribution is 9.10. The van der Waals surface area contributed by atoms with Crippen LogP contribution < -0.4 is 5.32 Å².